The summed E-state index contributed by atoms with van der Waals surface area (Å²) in [4.78, 5) is 0. The van der Waals surface area contributed by atoms with Gasteiger partial charge in [-0.1, -0.05) is 6.42 Å². The maximum Gasteiger partial charge on any atom is 0.0466 e. The number of ether oxygens (including phenoxy) is 1. The van der Waals surface area contributed by atoms with E-state index in [-0.39, 0.29) is 0 Å². The van der Waals surface area contributed by atoms with E-state index < -0.39 is 0 Å². The van der Waals surface area contributed by atoms with Crippen LogP contribution in [0.2, 0.25) is 0 Å². The van der Waals surface area contributed by atoms with E-state index in [0.717, 1.165) is 43.8 Å². The molecule has 2 heteroatoms. The van der Waals surface area contributed by atoms with Gasteiger partial charge in [-0.15, -0.1) is 0 Å². The Labute approximate surface area is 99.9 Å². The summed E-state index contributed by atoms with van der Waals surface area (Å²) < 4.78 is 5.35. The average Bonchev–Trinajstić information content (AvgIpc) is 2.86. The van der Waals surface area contributed by atoms with Crippen LogP contribution in [0, 0.1) is 17.8 Å². The molecule has 2 bridgehead atoms. The van der Waals surface area contributed by atoms with Gasteiger partial charge in [-0.05, 0) is 63.2 Å². The van der Waals surface area contributed by atoms with E-state index >= 15 is 0 Å². The average molecular weight is 225 g/mol. The van der Waals surface area contributed by atoms with Crippen LogP contribution < -0.4 is 5.73 Å². The molecule has 2 N–H and O–H groups in total. The predicted octanol–water partition coefficient (Wildman–Crippen LogP) is 2.96. The molecule has 2 rings (SSSR count). The first kappa shape index (κ1) is 12.4. The van der Waals surface area contributed by atoms with Gasteiger partial charge in [-0.25, -0.2) is 0 Å². The Kier molecular flexibility index (Phi) is 4.66. The molecule has 2 aliphatic rings. The number of rotatable bonds is 7. The lowest BCUT2D eigenvalue weighted by molar-refractivity contribution is 0.140. The second-order valence-electron chi connectivity index (χ2n) is 5.77. The van der Waals surface area contributed by atoms with Crippen LogP contribution in [0.25, 0.3) is 0 Å². The van der Waals surface area contributed by atoms with Crippen molar-refractivity contribution in [1.29, 1.82) is 0 Å². The first-order valence-electron chi connectivity index (χ1n) is 7.13. The quantitative estimate of drug-likeness (QED) is 0.676. The summed E-state index contributed by atoms with van der Waals surface area (Å²) in [5.41, 5.74) is 6.21. The number of nitrogens with two attached hydrogens (primary N) is 1. The van der Waals surface area contributed by atoms with E-state index in [2.05, 4.69) is 6.92 Å². The monoisotopic (exact) mass is 225 g/mol. The molecule has 94 valence electrons. The lowest BCUT2D eigenvalue weighted by Gasteiger charge is -2.24. The molecule has 0 amide bonds. The molecule has 2 fully saturated rings. The lowest BCUT2D eigenvalue weighted by Crippen LogP contribution is -2.26. The van der Waals surface area contributed by atoms with Gasteiger partial charge in [-0.2, -0.15) is 0 Å². The molecule has 0 aromatic carbocycles. The summed E-state index contributed by atoms with van der Waals surface area (Å²) in [6.07, 6.45) is 9.53. The molecule has 0 spiro atoms. The predicted molar refractivity (Wildman–Crippen MR) is 67.3 cm³/mol. The topological polar surface area (TPSA) is 35.2 Å². The lowest BCUT2D eigenvalue weighted by atomic mass is 9.83. The van der Waals surface area contributed by atoms with Gasteiger partial charge in [0.05, 0.1) is 0 Å². The van der Waals surface area contributed by atoms with Crippen molar-refractivity contribution in [2.75, 3.05) is 13.2 Å². The van der Waals surface area contributed by atoms with E-state index in [0.29, 0.717) is 6.04 Å². The second-order valence-corrected chi connectivity index (χ2v) is 5.77. The van der Waals surface area contributed by atoms with E-state index in [9.17, 15) is 0 Å². The van der Waals surface area contributed by atoms with Gasteiger partial charge in [0, 0.05) is 19.3 Å². The van der Waals surface area contributed by atoms with Crippen LogP contribution >= 0.6 is 0 Å². The zero-order chi connectivity index (χ0) is 11.4. The maximum atomic E-state index is 6.21. The van der Waals surface area contributed by atoms with Crippen molar-refractivity contribution in [3.05, 3.63) is 0 Å². The summed E-state index contributed by atoms with van der Waals surface area (Å²) in [5.74, 6) is 3.05. The fourth-order valence-corrected chi connectivity index (χ4v) is 3.76. The van der Waals surface area contributed by atoms with Gasteiger partial charge in [-0.3, -0.25) is 0 Å². The Balaban J connectivity index is 1.58. The zero-order valence-corrected chi connectivity index (χ0v) is 10.7. The van der Waals surface area contributed by atoms with E-state index in [4.69, 9.17) is 10.5 Å². The molecule has 0 radical (unpaired) electrons. The van der Waals surface area contributed by atoms with Crippen molar-refractivity contribution < 1.29 is 4.74 Å². The van der Waals surface area contributed by atoms with Gasteiger partial charge in [0.25, 0.3) is 0 Å². The summed E-state index contributed by atoms with van der Waals surface area (Å²) in [6.45, 7) is 3.78. The normalized spacial score (nSPS) is 34.5. The van der Waals surface area contributed by atoms with Crippen LogP contribution in [-0.4, -0.2) is 19.3 Å². The summed E-state index contributed by atoms with van der Waals surface area (Å²) in [7, 11) is 0. The van der Waals surface area contributed by atoms with E-state index in [1.54, 1.807) is 0 Å². The van der Waals surface area contributed by atoms with Crippen LogP contribution in [0.15, 0.2) is 0 Å². The van der Waals surface area contributed by atoms with Crippen LogP contribution in [-0.2, 0) is 4.74 Å². The van der Waals surface area contributed by atoms with Crippen molar-refractivity contribution in [2.24, 2.45) is 23.5 Å². The van der Waals surface area contributed by atoms with Crippen LogP contribution in [0.3, 0.4) is 0 Å². The Hall–Kier alpha value is -0.0800. The fraction of sp³-hybridized carbons (Fsp3) is 1.00. The van der Waals surface area contributed by atoms with Gasteiger partial charge >= 0.3 is 0 Å². The summed E-state index contributed by atoms with van der Waals surface area (Å²) >= 11 is 0. The second kappa shape index (κ2) is 6.02. The molecule has 2 saturated carbocycles. The van der Waals surface area contributed by atoms with Gasteiger partial charge in [0.15, 0.2) is 0 Å². The van der Waals surface area contributed by atoms with Crippen molar-refractivity contribution in [1.82, 2.24) is 0 Å². The van der Waals surface area contributed by atoms with Gasteiger partial charge < -0.3 is 10.5 Å². The molecular weight excluding hydrogens is 198 g/mol. The molecule has 2 nitrogen and oxygen atoms in total. The molecule has 16 heavy (non-hydrogen) atoms. The maximum absolute atomic E-state index is 6.21. The van der Waals surface area contributed by atoms with Gasteiger partial charge in [0.1, 0.15) is 0 Å². The Morgan fingerprint density at radius 2 is 2.19 bits per heavy atom. The highest BCUT2D eigenvalue weighted by Gasteiger charge is 2.39. The molecule has 2 aliphatic carbocycles. The van der Waals surface area contributed by atoms with E-state index in [1.807, 2.05) is 0 Å². The third-order valence-electron chi connectivity index (χ3n) is 4.56. The minimum atomic E-state index is 0.421. The minimum Gasteiger partial charge on any atom is -0.382 e. The van der Waals surface area contributed by atoms with E-state index in [1.165, 1.54) is 32.1 Å². The Morgan fingerprint density at radius 1 is 1.31 bits per heavy atom. The van der Waals surface area contributed by atoms with Crippen molar-refractivity contribution in [3.8, 4) is 0 Å². The van der Waals surface area contributed by atoms with Crippen molar-refractivity contribution in [2.45, 2.75) is 57.9 Å². The first-order chi connectivity index (χ1) is 7.79. The Morgan fingerprint density at radius 3 is 2.81 bits per heavy atom. The molecule has 0 aliphatic heterocycles. The molecule has 0 saturated heterocycles. The molecule has 0 heterocycles. The number of hydrogen-bond donors (Lipinski definition) is 1. The molecule has 4 atom stereocenters. The zero-order valence-electron chi connectivity index (χ0n) is 10.7. The highest BCUT2D eigenvalue weighted by Crippen LogP contribution is 2.49. The van der Waals surface area contributed by atoms with Crippen LogP contribution in [0.5, 0.6) is 0 Å². The molecule has 0 aromatic rings. The smallest absolute Gasteiger partial charge is 0.0466 e. The van der Waals surface area contributed by atoms with Gasteiger partial charge in [0.2, 0.25) is 0 Å². The van der Waals surface area contributed by atoms with Crippen molar-refractivity contribution >= 4 is 0 Å². The molecule has 0 aromatic heterocycles. The van der Waals surface area contributed by atoms with Crippen LogP contribution in [0.1, 0.15) is 51.9 Å². The third kappa shape index (κ3) is 3.21. The van der Waals surface area contributed by atoms with Crippen LogP contribution in [0.4, 0.5) is 0 Å². The molecular formula is C14H27NO. The summed E-state index contributed by atoms with van der Waals surface area (Å²) in [6, 6.07) is 0.421. The standard InChI is InChI=1S/C14H27NO/c1-2-16-7-3-4-14(15)10-13-9-11-5-6-12(13)8-11/h11-14H,2-10,15H2,1H3. The highest BCUT2D eigenvalue weighted by atomic mass is 16.5. The SMILES string of the molecule is CCOCCCC(N)CC1CC2CCC1C2. The first-order valence-corrected chi connectivity index (χ1v) is 7.13. The molecule has 4 unspecified atom stereocenters. The largest absolute Gasteiger partial charge is 0.382 e. The highest BCUT2D eigenvalue weighted by molar-refractivity contribution is 4.91. The third-order valence-corrected chi connectivity index (χ3v) is 4.56. The number of fused-ring (bicyclic) bond motifs is 2. The number of hydrogen-bond acceptors (Lipinski definition) is 2. The van der Waals surface area contributed by atoms with Crippen molar-refractivity contribution in [3.63, 3.8) is 0 Å². The summed E-state index contributed by atoms with van der Waals surface area (Å²) in [5, 5.41) is 0. The Bertz CT molecular complexity index is 207. The fourth-order valence-electron chi connectivity index (χ4n) is 3.76. The minimum absolute atomic E-state index is 0.421.